The molecule has 5 rings (SSSR count). The first-order valence-corrected chi connectivity index (χ1v) is 10.9. The van der Waals surface area contributed by atoms with E-state index in [1.165, 1.54) is 0 Å². The molecule has 0 radical (unpaired) electrons. The van der Waals surface area contributed by atoms with Crippen LogP contribution in [-0.2, 0) is 0 Å². The van der Waals surface area contributed by atoms with E-state index < -0.39 is 0 Å². The normalized spacial score (nSPS) is 12.8. The summed E-state index contributed by atoms with van der Waals surface area (Å²) >= 11 is 0. The Bertz CT molecular complexity index is 1380. The first-order chi connectivity index (χ1) is 16.6. The quantitative estimate of drug-likeness (QED) is 0.121. The number of nitrogens with one attached hydrogen (secondary N) is 2. The van der Waals surface area contributed by atoms with Gasteiger partial charge in [0.05, 0.1) is 24.4 Å². The third kappa shape index (κ3) is 3.97. The molecule has 0 spiro atoms. The average Bonchev–Trinajstić information content (AvgIpc) is 3.30. The zero-order chi connectivity index (χ0) is 23.7. The Morgan fingerprint density at radius 1 is 0.941 bits per heavy atom. The summed E-state index contributed by atoms with van der Waals surface area (Å²) < 4.78 is 5.77. The minimum Gasteiger partial charge on any atom is -0.494 e. The topological polar surface area (TPSA) is 139 Å². The molecule has 0 amide bonds. The van der Waals surface area contributed by atoms with Crippen LogP contribution in [0.4, 0.5) is 0 Å². The van der Waals surface area contributed by atoms with Gasteiger partial charge in [-0.25, -0.2) is 15.4 Å². The Kier molecular flexibility index (Phi) is 5.91. The fourth-order valence-corrected chi connectivity index (χ4v) is 4.15. The maximum Gasteiger partial charge on any atom is 0.196 e. The van der Waals surface area contributed by atoms with Gasteiger partial charge in [0.25, 0.3) is 0 Å². The number of nitrogens with two attached hydrogens (primary N) is 2. The van der Waals surface area contributed by atoms with E-state index in [1.54, 1.807) is 41.4 Å². The second-order valence-electron chi connectivity index (χ2n) is 8.07. The second kappa shape index (κ2) is 9.16. The molecule has 6 N–H and O–H groups in total. The molecule has 1 aliphatic carbocycles. The number of carbonyl (C=O) groups is 2. The summed E-state index contributed by atoms with van der Waals surface area (Å²) in [5, 5.41) is 1.57. The highest BCUT2D eigenvalue weighted by Crippen LogP contribution is 2.33. The van der Waals surface area contributed by atoms with E-state index in [2.05, 4.69) is 10.4 Å². The molecular formula is C25H24N6O3. The second-order valence-corrected chi connectivity index (χ2v) is 8.07. The molecule has 9 nitrogen and oxygen atoms in total. The molecule has 0 aliphatic heterocycles. The lowest BCUT2D eigenvalue weighted by Crippen LogP contribution is -2.43. The van der Waals surface area contributed by atoms with Crippen LogP contribution in [0.3, 0.4) is 0 Å². The molecule has 34 heavy (non-hydrogen) atoms. The lowest BCUT2D eigenvalue weighted by atomic mass is 9.83. The molecule has 1 heterocycles. The van der Waals surface area contributed by atoms with E-state index in [0.29, 0.717) is 58.9 Å². The molecule has 1 aromatic heterocycles. The molecule has 0 bridgehead atoms. The Morgan fingerprint density at radius 3 is 2.41 bits per heavy atom. The molecule has 0 saturated heterocycles. The Labute approximate surface area is 195 Å². The van der Waals surface area contributed by atoms with Gasteiger partial charge in [0.2, 0.25) is 0 Å². The monoisotopic (exact) mass is 456 g/mol. The van der Waals surface area contributed by atoms with E-state index in [1.807, 2.05) is 24.3 Å². The van der Waals surface area contributed by atoms with E-state index in [0.717, 1.165) is 17.7 Å². The lowest BCUT2D eigenvalue weighted by molar-refractivity contribution is 0.0980. The molecule has 0 fully saturated rings. The number of aromatic amines is 1. The summed E-state index contributed by atoms with van der Waals surface area (Å²) in [4.78, 5) is 34.1. The van der Waals surface area contributed by atoms with Gasteiger partial charge in [-0.15, -0.1) is 0 Å². The van der Waals surface area contributed by atoms with Gasteiger partial charge in [-0.2, -0.15) is 0 Å². The summed E-state index contributed by atoms with van der Waals surface area (Å²) in [6.45, 7) is 1.57. The van der Waals surface area contributed by atoms with Crippen molar-refractivity contribution < 1.29 is 14.3 Å². The predicted molar refractivity (Wildman–Crippen MR) is 128 cm³/mol. The standard InChI is InChI=1S/C25H24N6O3/c26-28-14-31(27)12-3-13-34-16-8-6-15(7-9-16)25-29-20-11-10-19-21(22(20)30-25)24(33)18-5-2-1-4-17(18)23(19)32/h1-2,4-11,28H,3,12-14,26-27H2,(H,29,30). The maximum atomic E-state index is 13.2. The number of nitrogens with zero attached hydrogens (tertiary/aromatic N) is 2. The van der Waals surface area contributed by atoms with Crippen LogP contribution in [0.15, 0.2) is 60.7 Å². The first kappa shape index (κ1) is 21.9. The van der Waals surface area contributed by atoms with Crippen molar-refractivity contribution >= 4 is 22.6 Å². The summed E-state index contributed by atoms with van der Waals surface area (Å²) in [6.07, 6.45) is 0.754. The predicted octanol–water partition coefficient (Wildman–Crippen LogP) is 2.37. The van der Waals surface area contributed by atoms with Crippen LogP contribution in [0.1, 0.15) is 38.3 Å². The molecule has 0 saturated carbocycles. The molecular weight excluding hydrogens is 432 g/mol. The van der Waals surface area contributed by atoms with Gasteiger partial charge in [0.1, 0.15) is 17.1 Å². The van der Waals surface area contributed by atoms with Crippen LogP contribution >= 0.6 is 0 Å². The molecule has 0 unspecified atom stereocenters. The molecule has 172 valence electrons. The number of hydrogen-bond acceptors (Lipinski definition) is 8. The zero-order valence-electron chi connectivity index (χ0n) is 18.4. The summed E-state index contributed by atoms with van der Waals surface area (Å²) in [5.41, 5.74) is 6.12. The van der Waals surface area contributed by atoms with Crippen molar-refractivity contribution in [2.24, 2.45) is 11.7 Å². The van der Waals surface area contributed by atoms with Gasteiger partial charge < -0.3 is 9.72 Å². The summed E-state index contributed by atoms with van der Waals surface area (Å²) in [5.74, 6) is 12.0. The summed E-state index contributed by atoms with van der Waals surface area (Å²) in [6, 6.07) is 17.9. The van der Waals surface area contributed by atoms with Gasteiger partial charge in [0, 0.05) is 28.8 Å². The van der Waals surface area contributed by atoms with Crippen molar-refractivity contribution in [1.29, 1.82) is 0 Å². The Hall–Kier alpha value is -3.89. The molecule has 1 aliphatic rings. The Balaban J connectivity index is 1.36. The summed E-state index contributed by atoms with van der Waals surface area (Å²) in [7, 11) is 0. The van der Waals surface area contributed by atoms with Crippen LogP contribution in [0, 0.1) is 0 Å². The molecule has 3 aromatic carbocycles. The number of carbonyl (C=O) groups excluding carboxylic acids is 2. The smallest absolute Gasteiger partial charge is 0.196 e. The van der Waals surface area contributed by atoms with Gasteiger partial charge in [-0.1, -0.05) is 24.3 Å². The minimum atomic E-state index is -0.184. The fourth-order valence-electron chi connectivity index (χ4n) is 4.15. The van der Waals surface area contributed by atoms with Crippen molar-refractivity contribution in [2.45, 2.75) is 6.42 Å². The number of benzene rings is 3. The highest BCUT2D eigenvalue weighted by atomic mass is 16.5. The van der Waals surface area contributed by atoms with Crippen molar-refractivity contribution in [3.63, 3.8) is 0 Å². The highest BCUT2D eigenvalue weighted by Gasteiger charge is 2.32. The maximum absolute atomic E-state index is 13.2. The zero-order valence-corrected chi connectivity index (χ0v) is 18.4. The van der Waals surface area contributed by atoms with E-state index >= 15 is 0 Å². The SMILES string of the molecule is NNCN(N)CCCOc1ccc(-c2nc3c4c(ccc3[nH]2)C(=O)c2ccccc2C4=O)cc1. The van der Waals surface area contributed by atoms with Gasteiger partial charge >= 0.3 is 0 Å². The lowest BCUT2D eigenvalue weighted by Gasteiger charge is -2.17. The number of fused-ring (bicyclic) bond motifs is 4. The van der Waals surface area contributed by atoms with Crippen LogP contribution in [0.2, 0.25) is 0 Å². The number of imidazole rings is 1. The number of ether oxygens (including phenoxy) is 1. The Morgan fingerprint density at radius 2 is 1.68 bits per heavy atom. The molecule has 0 atom stereocenters. The number of rotatable bonds is 8. The molecule has 9 heteroatoms. The van der Waals surface area contributed by atoms with Crippen molar-refractivity contribution in [3.05, 3.63) is 82.9 Å². The van der Waals surface area contributed by atoms with Crippen molar-refractivity contribution in [3.8, 4) is 17.1 Å². The van der Waals surface area contributed by atoms with Crippen molar-refractivity contribution in [1.82, 2.24) is 20.4 Å². The average molecular weight is 457 g/mol. The first-order valence-electron chi connectivity index (χ1n) is 10.9. The largest absolute Gasteiger partial charge is 0.494 e. The van der Waals surface area contributed by atoms with Gasteiger partial charge in [-0.3, -0.25) is 21.3 Å². The van der Waals surface area contributed by atoms with Crippen LogP contribution in [-0.4, -0.2) is 46.4 Å². The van der Waals surface area contributed by atoms with E-state index in [-0.39, 0.29) is 11.6 Å². The number of hydrogen-bond donors (Lipinski definition) is 4. The van der Waals surface area contributed by atoms with Crippen LogP contribution < -0.4 is 21.8 Å². The van der Waals surface area contributed by atoms with E-state index in [9.17, 15) is 9.59 Å². The van der Waals surface area contributed by atoms with E-state index in [4.69, 9.17) is 21.4 Å². The number of aromatic nitrogens is 2. The third-order valence-corrected chi connectivity index (χ3v) is 5.82. The number of H-pyrrole nitrogens is 1. The van der Waals surface area contributed by atoms with Crippen LogP contribution in [0.25, 0.3) is 22.4 Å². The number of ketones is 2. The third-order valence-electron chi connectivity index (χ3n) is 5.82. The minimum absolute atomic E-state index is 0.157. The number of hydrazine groups is 2. The van der Waals surface area contributed by atoms with Crippen molar-refractivity contribution in [2.75, 3.05) is 19.8 Å². The fraction of sp³-hybridized carbons (Fsp3) is 0.160. The van der Waals surface area contributed by atoms with Crippen LogP contribution in [0.5, 0.6) is 5.75 Å². The van der Waals surface area contributed by atoms with Gasteiger partial charge in [-0.05, 0) is 42.8 Å². The highest BCUT2D eigenvalue weighted by molar-refractivity contribution is 6.31. The molecule has 4 aromatic rings. The van der Waals surface area contributed by atoms with Gasteiger partial charge in [0.15, 0.2) is 11.6 Å².